The minimum Gasteiger partial charge on any atom is -0.378 e. The summed E-state index contributed by atoms with van der Waals surface area (Å²) in [4.78, 5) is 4.24. The molecular weight excluding hydrogens is 270 g/mol. The van der Waals surface area contributed by atoms with Crippen LogP contribution in [-0.2, 0) is 0 Å². The summed E-state index contributed by atoms with van der Waals surface area (Å²) in [5, 5.41) is 4.10. The molecule has 0 saturated carbocycles. The molecule has 1 atom stereocenters. The van der Waals surface area contributed by atoms with Crippen molar-refractivity contribution in [2.24, 2.45) is 0 Å². The Morgan fingerprint density at radius 1 is 1.00 bits per heavy atom. The van der Waals surface area contributed by atoms with E-state index in [1.54, 1.807) is 13.1 Å². The van der Waals surface area contributed by atoms with Gasteiger partial charge >= 0.3 is 0 Å². The number of hydrogen-bond acceptors (Lipinski definition) is 2. The summed E-state index contributed by atoms with van der Waals surface area (Å²) in [5.74, 6) is -1.09. The molecule has 0 bridgehead atoms. The summed E-state index contributed by atoms with van der Waals surface area (Å²) in [7, 11) is 0. The molecule has 0 saturated heterocycles. The van der Waals surface area contributed by atoms with Gasteiger partial charge in [-0.25, -0.2) is 8.78 Å². The zero-order chi connectivity index (χ0) is 14.8. The van der Waals surface area contributed by atoms with Gasteiger partial charge in [0.2, 0.25) is 0 Å². The zero-order valence-corrected chi connectivity index (χ0v) is 11.5. The molecule has 21 heavy (non-hydrogen) atoms. The number of nitrogens with one attached hydrogen (secondary N) is 1. The van der Waals surface area contributed by atoms with Gasteiger partial charge in [-0.3, -0.25) is 4.98 Å². The Labute approximate surface area is 121 Å². The van der Waals surface area contributed by atoms with E-state index >= 15 is 0 Å². The predicted molar refractivity (Wildman–Crippen MR) is 80.1 cm³/mol. The van der Waals surface area contributed by atoms with Crippen molar-refractivity contribution in [1.82, 2.24) is 4.98 Å². The molecule has 3 aromatic rings. The van der Waals surface area contributed by atoms with E-state index in [1.165, 1.54) is 18.2 Å². The molecule has 3 rings (SSSR count). The third-order valence-corrected chi connectivity index (χ3v) is 3.42. The van der Waals surface area contributed by atoms with E-state index in [4.69, 9.17) is 0 Å². The van der Waals surface area contributed by atoms with E-state index in [0.29, 0.717) is 0 Å². The molecule has 0 fully saturated rings. The number of benzene rings is 2. The van der Waals surface area contributed by atoms with E-state index in [0.717, 1.165) is 16.6 Å². The van der Waals surface area contributed by atoms with Crippen LogP contribution in [0.15, 0.2) is 54.7 Å². The van der Waals surface area contributed by atoms with Crippen LogP contribution in [-0.4, -0.2) is 4.98 Å². The Balaban J connectivity index is 1.91. The number of fused-ring (bicyclic) bond motifs is 1. The molecule has 2 aromatic carbocycles. The SMILES string of the molecule is CC(Nc1ccc2ncccc2c1)c1c(F)cccc1F. The fourth-order valence-corrected chi connectivity index (χ4v) is 2.41. The quantitative estimate of drug-likeness (QED) is 0.755. The van der Waals surface area contributed by atoms with Gasteiger partial charge in [0.15, 0.2) is 0 Å². The zero-order valence-electron chi connectivity index (χ0n) is 11.5. The summed E-state index contributed by atoms with van der Waals surface area (Å²) < 4.78 is 27.5. The van der Waals surface area contributed by atoms with E-state index in [2.05, 4.69) is 10.3 Å². The van der Waals surface area contributed by atoms with Gasteiger partial charge in [-0.1, -0.05) is 12.1 Å². The summed E-state index contributed by atoms with van der Waals surface area (Å²) in [6, 6.07) is 12.9. The first-order valence-electron chi connectivity index (χ1n) is 6.70. The second-order valence-corrected chi connectivity index (χ2v) is 4.91. The molecule has 1 N–H and O–H groups in total. The average Bonchev–Trinajstić information content (AvgIpc) is 2.47. The molecule has 0 spiro atoms. The molecule has 2 nitrogen and oxygen atoms in total. The third kappa shape index (κ3) is 2.70. The van der Waals surface area contributed by atoms with E-state index in [-0.39, 0.29) is 5.56 Å². The smallest absolute Gasteiger partial charge is 0.131 e. The number of anilines is 1. The Hall–Kier alpha value is -2.49. The van der Waals surface area contributed by atoms with Crippen LogP contribution in [0.2, 0.25) is 0 Å². The van der Waals surface area contributed by atoms with Crippen LogP contribution in [0.5, 0.6) is 0 Å². The van der Waals surface area contributed by atoms with Crippen molar-refractivity contribution >= 4 is 16.6 Å². The minimum absolute atomic E-state index is 0.0452. The molecule has 1 aromatic heterocycles. The van der Waals surface area contributed by atoms with Crippen LogP contribution in [0, 0.1) is 11.6 Å². The second-order valence-electron chi connectivity index (χ2n) is 4.91. The number of hydrogen-bond donors (Lipinski definition) is 1. The minimum atomic E-state index is -0.544. The average molecular weight is 284 g/mol. The van der Waals surface area contributed by atoms with E-state index in [1.807, 2.05) is 30.3 Å². The molecular formula is C17H14F2N2. The maximum absolute atomic E-state index is 13.8. The standard InChI is InChI=1S/C17H14F2N2/c1-11(17-14(18)5-2-6-15(17)19)21-13-7-8-16-12(10-13)4-3-9-20-16/h2-11,21H,1H3. The maximum atomic E-state index is 13.8. The first-order chi connectivity index (χ1) is 10.1. The Bertz CT molecular complexity index is 766. The van der Waals surface area contributed by atoms with Gasteiger partial charge in [0, 0.05) is 22.8 Å². The highest BCUT2D eigenvalue weighted by atomic mass is 19.1. The third-order valence-electron chi connectivity index (χ3n) is 3.42. The molecule has 1 unspecified atom stereocenters. The van der Waals surface area contributed by atoms with Gasteiger partial charge in [-0.05, 0) is 43.3 Å². The summed E-state index contributed by atoms with van der Waals surface area (Å²) in [6.07, 6.45) is 1.73. The fourth-order valence-electron chi connectivity index (χ4n) is 2.41. The highest BCUT2D eigenvalue weighted by Gasteiger charge is 2.15. The number of nitrogens with zero attached hydrogens (tertiary/aromatic N) is 1. The fraction of sp³-hybridized carbons (Fsp3) is 0.118. The summed E-state index contributed by atoms with van der Waals surface area (Å²) >= 11 is 0. The summed E-state index contributed by atoms with van der Waals surface area (Å²) in [5.41, 5.74) is 1.72. The second kappa shape index (κ2) is 5.48. The van der Waals surface area contributed by atoms with Crippen LogP contribution in [0.25, 0.3) is 10.9 Å². The lowest BCUT2D eigenvalue weighted by atomic mass is 10.1. The Morgan fingerprint density at radius 3 is 2.52 bits per heavy atom. The first kappa shape index (κ1) is 13.5. The molecule has 1 heterocycles. The molecule has 0 aliphatic rings. The molecule has 0 radical (unpaired) electrons. The number of rotatable bonds is 3. The largest absolute Gasteiger partial charge is 0.378 e. The summed E-state index contributed by atoms with van der Waals surface area (Å²) in [6.45, 7) is 1.73. The molecule has 4 heteroatoms. The lowest BCUT2D eigenvalue weighted by Gasteiger charge is -2.17. The molecule has 0 aliphatic heterocycles. The van der Waals surface area contributed by atoms with Crippen molar-refractivity contribution in [2.45, 2.75) is 13.0 Å². The number of pyridine rings is 1. The van der Waals surface area contributed by atoms with Crippen molar-refractivity contribution in [2.75, 3.05) is 5.32 Å². The lowest BCUT2D eigenvalue weighted by Crippen LogP contribution is -2.10. The van der Waals surface area contributed by atoms with Crippen molar-refractivity contribution < 1.29 is 8.78 Å². The first-order valence-corrected chi connectivity index (χ1v) is 6.70. The highest BCUT2D eigenvalue weighted by Crippen LogP contribution is 2.25. The van der Waals surface area contributed by atoms with Gasteiger partial charge in [-0.15, -0.1) is 0 Å². The van der Waals surface area contributed by atoms with Crippen molar-refractivity contribution in [3.63, 3.8) is 0 Å². The molecule has 0 aliphatic carbocycles. The van der Waals surface area contributed by atoms with Gasteiger partial charge in [-0.2, -0.15) is 0 Å². The van der Waals surface area contributed by atoms with Gasteiger partial charge < -0.3 is 5.32 Å². The Morgan fingerprint density at radius 2 is 1.76 bits per heavy atom. The highest BCUT2D eigenvalue weighted by molar-refractivity contribution is 5.82. The number of halogens is 2. The Kier molecular flexibility index (Phi) is 3.52. The lowest BCUT2D eigenvalue weighted by molar-refractivity contribution is 0.544. The predicted octanol–water partition coefficient (Wildman–Crippen LogP) is 4.69. The van der Waals surface area contributed by atoms with Crippen molar-refractivity contribution in [3.05, 3.63) is 71.9 Å². The van der Waals surface area contributed by atoms with E-state index < -0.39 is 17.7 Å². The van der Waals surface area contributed by atoms with Gasteiger partial charge in [0.05, 0.1) is 11.6 Å². The topological polar surface area (TPSA) is 24.9 Å². The van der Waals surface area contributed by atoms with Crippen LogP contribution in [0.1, 0.15) is 18.5 Å². The van der Waals surface area contributed by atoms with Crippen molar-refractivity contribution in [1.29, 1.82) is 0 Å². The van der Waals surface area contributed by atoms with Crippen LogP contribution < -0.4 is 5.32 Å². The van der Waals surface area contributed by atoms with Crippen LogP contribution in [0.4, 0.5) is 14.5 Å². The molecule has 106 valence electrons. The monoisotopic (exact) mass is 284 g/mol. The van der Waals surface area contributed by atoms with Crippen molar-refractivity contribution in [3.8, 4) is 0 Å². The number of aromatic nitrogens is 1. The van der Waals surface area contributed by atoms with E-state index in [9.17, 15) is 8.78 Å². The van der Waals surface area contributed by atoms with Crippen LogP contribution in [0.3, 0.4) is 0 Å². The maximum Gasteiger partial charge on any atom is 0.131 e. The molecule has 0 amide bonds. The normalized spacial score (nSPS) is 12.3. The van der Waals surface area contributed by atoms with Gasteiger partial charge in [0.25, 0.3) is 0 Å². The van der Waals surface area contributed by atoms with Gasteiger partial charge in [0.1, 0.15) is 11.6 Å². The van der Waals surface area contributed by atoms with Crippen LogP contribution >= 0.6 is 0 Å².